The zero-order valence-corrected chi connectivity index (χ0v) is 13.1. The molecule has 0 spiro atoms. The van der Waals surface area contributed by atoms with Crippen molar-refractivity contribution in [1.82, 2.24) is 0 Å². The lowest BCUT2D eigenvalue weighted by molar-refractivity contribution is 0.161. The Morgan fingerprint density at radius 2 is 2.25 bits per heavy atom. The molecular formula is C17H28N2O. The van der Waals surface area contributed by atoms with Crippen LogP contribution in [-0.4, -0.2) is 27.2 Å². The summed E-state index contributed by atoms with van der Waals surface area (Å²) < 4.78 is 5.31. The molecular weight excluding hydrogens is 248 g/mol. The number of nitrogens with zero attached hydrogens (tertiary/aromatic N) is 1. The van der Waals surface area contributed by atoms with Gasteiger partial charge in [-0.1, -0.05) is 25.8 Å². The van der Waals surface area contributed by atoms with E-state index in [1.54, 1.807) is 7.11 Å². The summed E-state index contributed by atoms with van der Waals surface area (Å²) in [7, 11) is 3.87. The van der Waals surface area contributed by atoms with Crippen LogP contribution in [0.4, 0.5) is 5.69 Å². The maximum Gasteiger partial charge on any atom is 0.120 e. The van der Waals surface area contributed by atoms with Crippen LogP contribution in [0.2, 0.25) is 0 Å². The van der Waals surface area contributed by atoms with Gasteiger partial charge >= 0.3 is 0 Å². The zero-order valence-electron chi connectivity index (χ0n) is 13.1. The Balaban J connectivity index is 2.10. The van der Waals surface area contributed by atoms with Gasteiger partial charge < -0.3 is 15.4 Å². The fourth-order valence-corrected chi connectivity index (χ4v) is 3.60. The molecule has 112 valence electrons. The van der Waals surface area contributed by atoms with Crippen LogP contribution in [0.5, 0.6) is 5.75 Å². The Kier molecular flexibility index (Phi) is 4.92. The molecule has 20 heavy (non-hydrogen) atoms. The highest BCUT2D eigenvalue weighted by atomic mass is 16.5. The summed E-state index contributed by atoms with van der Waals surface area (Å²) in [6, 6.07) is 8.26. The van der Waals surface area contributed by atoms with E-state index in [1.165, 1.54) is 31.4 Å². The number of methoxy groups -OCH3 is 1. The van der Waals surface area contributed by atoms with Crippen LogP contribution in [0.15, 0.2) is 24.3 Å². The van der Waals surface area contributed by atoms with Crippen LogP contribution in [-0.2, 0) is 0 Å². The number of rotatable bonds is 5. The van der Waals surface area contributed by atoms with Crippen molar-refractivity contribution < 1.29 is 4.74 Å². The molecule has 2 N–H and O–H groups in total. The van der Waals surface area contributed by atoms with Crippen molar-refractivity contribution in [2.75, 3.05) is 32.1 Å². The summed E-state index contributed by atoms with van der Waals surface area (Å²) >= 11 is 0. The molecule has 2 rings (SSSR count). The molecule has 0 saturated heterocycles. The van der Waals surface area contributed by atoms with Crippen LogP contribution in [0, 0.1) is 11.3 Å². The second-order valence-electron chi connectivity index (χ2n) is 6.46. The molecule has 0 radical (unpaired) electrons. The maximum atomic E-state index is 6.13. The minimum Gasteiger partial charge on any atom is -0.497 e. The van der Waals surface area contributed by atoms with E-state index < -0.39 is 0 Å². The van der Waals surface area contributed by atoms with E-state index in [0.717, 1.165) is 24.8 Å². The first-order chi connectivity index (χ1) is 9.58. The topological polar surface area (TPSA) is 38.5 Å². The number of nitrogens with two attached hydrogens (primary N) is 1. The number of ether oxygens (including phenoxy) is 1. The van der Waals surface area contributed by atoms with Gasteiger partial charge in [0.05, 0.1) is 7.11 Å². The Labute approximate surface area is 123 Å². The Bertz CT molecular complexity index is 435. The Morgan fingerprint density at radius 1 is 1.45 bits per heavy atom. The molecule has 2 atom stereocenters. The molecule has 0 aliphatic heterocycles. The molecule has 0 heterocycles. The van der Waals surface area contributed by atoms with Crippen LogP contribution in [0.1, 0.15) is 32.6 Å². The van der Waals surface area contributed by atoms with E-state index in [4.69, 9.17) is 10.5 Å². The largest absolute Gasteiger partial charge is 0.497 e. The normalized spacial score (nSPS) is 26.3. The van der Waals surface area contributed by atoms with E-state index in [0.29, 0.717) is 0 Å². The molecule has 0 aromatic heterocycles. The summed E-state index contributed by atoms with van der Waals surface area (Å²) in [4.78, 5) is 2.33. The quantitative estimate of drug-likeness (QED) is 0.897. The smallest absolute Gasteiger partial charge is 0.120 e. The number of anilines is 1. The second-order valence-corrected chi connectivity index (χ2v) is 6.46. The van der Waals surface area contributed by atoms with E-state index in [2.05, 4.69) is 31.0 Å². The lowest BCUT2D eigenvalue weighted by Crippen LogP contribution is -2.44. The van der Waals surface area contributed by atoms with Gasteiger partial charge in [-0.3, -0.25) is 0 Å². The zero-order chi connectivity index (χ0) is 14.6. The van der Waals surface area contributed by atoms with Crippen molar-refractivity contribution in [2.45, 2.75) is 32.6 Å². The molecule has 1 aromatic carbocycles. The van der Waals surface area contributed by atoms with Gasteiger partial charge in [0.25, 0.3) is 0 Å². The van der Waals surface area contributed by atoms with E-state index in [-0.39, 0.29) is 5.41 Å². The third-order valence-corrected chi connectivity index (χ3v) is 4.69. The minimum atomic E-state index is 0.273. The molecule has 0 amide bonds. The molecule has 1 saturated carbocycles. The summed E-state index contributed by atoms with van der Waals surface area (Å²) in [6.45, 7) is 4.17. The Hall–Kier alpha value is -1.22. The molecule has 1 aliphatic rings. The highest BCUT2D eigenvalue weighted by Crippen LogP contribution is 2.39. The van der Waals surface area contributed by atoms with Gasteiger partial charge in [0.2, 0.25) is 0 Å². The lowest BCUT2D eigenvalue weighted by atomic mass is 9.70. The van der Waals surface area contributed by atoms with Crippen LogP contribution in [0.25, 0.3) is 0 Å². The lowest BCUT2D eigenvalue weighted by Gasteiger charge is -2.42. The maximum absolute atomic E-state index is 6.13. The van der Waals surface area contributed by atoms with Gasteiger partial charge in [-0.2, -0.15) is 0 Å². The first kappa shape index (κ1) is 15.2. The van der Waals surface area contributed by atoms with Crippen molar-refractivity contribution in [2.24, 2.45) is 17.1 Å². The van der Waals surface area contributed by atoms with E-state index >= 15 is 0 Å². The highest BCUT2D eigenvalue weighted by Gasteiger charge is 2.34. The van der Waals surface area contributed by atoms with Gasteiger partial charge in [0.1, 0.15) is 5.75 Å². The van der Waals surface area contributed by atoms with Gasteiger partial charge in [-0.15, -0.1) is 0 Å². The molecule has 1 aromatic rings. The second kappa shape index (κ2) is 6.49. The van der Waals surface area contributed by atoms with E-state index in [9.17, 15) is 0 Å². The summed E-state index contributed by atoms with van der Waals surface area (Å²) in [5.74, 6) is 1.71. The number of hydrogen-bond donors (Lipinski definition) is 1. The fraction of sp³-hybridized carbons (Fsp3) is 0.647. The van der Waals surface area contributed by atoms with Gasteiger partial charge in [0, 0.05) is 30.8 Å². The van der Waals surface area contributed by atoms with Crippen molar-refractivity contribution >= 4 is 5.69 Å². The molecule has 0 bridgehead atoms. The highest BCUT2D eigenvalue weighted by molar-refractivity contribution is 5.50. The average molecular weight is 276 g/mol. The van der Waals surface area contributed by atoms with Gasteiger partial charge in [-0.05, 0) is 37.4 Å². The van der Waals surface area contributed by atoms with Crippen LogP contribution < -0.4 is 15.4 Å². The predicted molar refractivity (Wildman–Crippen MR) is 85.4 cm³/mol. The number of benzene rings is 1. The predicted octanol–water partition coefficient (Wildman–Crippen LogP) is 3.29. The molecule has 1 fully saturated rings. The summed E-state index contributed by atoms with van der Waals surface area (Å²) in [5, 5.41) is 0. The van der Waals surface area contributed by atoms with Crippen LogP contribution >= 0.6 is 0 Å². The standard InChI is InChI=1S/C17H28N2O/c1-14-6-5-9-17(11-14,12-18)13-19(2)15-7-4-8-16(10-15)20-3/h4,7-8,10,14H,5-6,9,11-13,18H2,1-3H3. The van der Waals surface area contributed by atoms with Crippen molar-refractivity contribution in [3.8, 4) is 5.75 Å². The molecule has 3 nitrogen and oxygen atoms in total. The van der Waals surface area contributed by atoms with E-state index in [1.807, 2.05) is 12.1 Å². The summed E-state index contributed by atoms with van der Waals surface area (Å²) in [6.07, 6.45) is 5.16. The Morgan fingerprint density at radius 3 is 2.90 bits per heavy atom. The SMILES string of the molecule is COc1cccc(N(C)CC2(CN)CCCC(C)C2)c1. The third kappa shape index (κ3) is 3.45. The average Bonchev–Trinajstić information content (AvgIpc) is 2.47. The van der Waals surface area contributed by atoms with Gasteiger partial charge in [-0.25, -0.2) is 0 Å². The monoisotopic (exact) mass is 276 g/mol. The first-order valence-electron chi connectivity index (χ1n) is 7.64. The molecule has 3 heteroatoms. The van der Waals surface area contributed by atoms with Gasteiger partial charge in [0.15, 0.2) is 0 Å². The summed E-state index contributed by atoms with van der Waals surface area (Å²) in [5.41, 5.74) is 7.61. The third-order valence-electron chi connectivity index (χ3n) is 4.69. The molecule has 1 aliphatic carbocycles. The number of hydrogen-bond acceptors (Lipinski definition) is 3. The molecule has 2 unspecified atom stereocenters. The van der Waals surface area contributed by atoms with Crippen molar-refractivity contribution in [3.05, 3.63) is 24.3 Å². The van der Waals surface area contributed by atoms with Crippen molar-refractivity contribution in [3.63, 3.8) is 0 Å². The first-order valence-corrected chi connectivity index (χ1v) is 7.64. The van der Waals surface area contributed by atoms with Crippen LogP contribution in [0.3, 0.4) is 0 Å². The fourth-order valence-electron chi connectivity index (χ4n) is 3.60. The minimum absolute atomic E-state index is 0.273. The van der Waals surface area contributed by atoms with Crippen molar-refractivity contribution in [1.29, 1.82) is 0 Å².